The lowest BCUT2D eigenvalue weighted by atomic mass is 10.1. The molecule has 0 aromatic heterocycles. The molecule has 0 spiro atoms. The fourth-order valence-corrected chi connectivity index (χ4v) is 2.30. The van der Waals surface area contributed by atoms with E-state index in [-0.39, 0.29) is 0 Å². The molecule has 0 radical (unpaired) electrons. The molecule has 2 aliphatic heterocycles. The molecule has 0 saturated heterocycles. The van der Waals surface area contributed by atoms with E-state index in [9.17, 15) is 0 Å². The van der Waals surface area contributed by atoms with Gasteiger partial charge in [0.2, 0.25) is 5.96 Å². The van der Waals surface area contributed by atoms with Gasteiger partial charge in [-0.15, -0.1) is 0 Å². The van der Waals surface area contributed by atoms with Gasteiger partial charge >= 0.3 is 0 Å². The second-order valence-electron chi connectivity index (χ2n) is 4.45. The Balaban J connectivity index is 2.24. The van der Waals surface area contributed by atoms with Gasteiger partial charge in [0.25, 0.3) is 0 Å². The number of guanidine groups is 1. The van der Waals surface area contributed by atoms with Crippen LogP contribution in [0.1, 0.15) is 13.8 Å². The number of aliphatic imine (C=N–C) groups is 1. The highest BCUT2D eigenvalue weighted by Crippen LogP contribution is 2.41. The van der Waals surface area contributed by atoms with E-state index in [1.807, 2.05) is 26.1 Å². The minimum Gasteiger partial charge on any atom is -0.313 e. The zero-order valence-corrected chi connectivity index (χ0v) is 10.4. The summed E-state index contributed by atoms with van der Waals surface area (Å²) in [6.45, 7) is 8.28. The molecule has 3 heteroatoms. The highest BCUT2D eigenvalue weighted by molar-refractivity contribution is 6.19. The number of rotatable bonds is 0. The Morgan fingerprint density at radius 1 is 1.12 bits per heavy atom. The summed E-state index contributed by atoms with van der Waals surface area (Å²) in [6, 6.07) is 8.30. The summed E-state index contributed by atoms with van der Waals surface area (Å²) in [6.07, 6.45) is 0. The zero-order chi connectivity index (χ0) is 12.2. The van der Waals surface area contributed by atoms with E-state index < -0.39 is 0 Å². The van der Waals surface area contributed by atoms with Gasteiger partial charge in [0.15, 0.2) is 0 Å². The molecule has 3 nitrogen and oxygen atoms in total. The lowest BCUT2D eigenvalue weighted by Gasteiger charge is -2.28. The molecule has 2 aliphatic rings. The van der Waals surface area contributed by atoms with Crippen molar-refractivity contribution in [2.75, 3.05) is 16.8 Å². The Bertz CT molecular complexity index is 581. The summed E-state index contributed by atoms with van der Waals surface area (Å²) >= 11 is 0. The lowest BCUT2D eigenvalue weighted by Crippen LogP contribution is -2.37. The van der Waals surface area contributed by atoms with Crippen LogP contribution >= 0.6 is 0 Å². The van der Waals surface area contributed by atoms with Crippen LogP contribution in [0.5, 0.6) is 0 Å². The van der Waals surface area contributed by atoms with Crippen molar-refractivity contribution in [2.45, 2.75) is 13.8 Å². The molecule has 0 atom stereocenters. The van der Waals surface area contributed by atoms with Gasteiger partial charge < -0.3 is 4.90 Å². The maximum atomic E-state index is 4.66. The van der Waals surface area contributed by atoms with Crippen molar-refractivity contribution in [1.29, 1.82) is 0 Å². The molecule has 0 bridgehead atoms. The van der Waals surface area contributed by atoms with Gasteiger partial charge in [0.1, 0.15) is 0 Å². The van der Waals surface area contributed by atoms with Gasteiger partial charge in [-0.05, 0) is 31.6 Å². The molecular formula is C14H15N3. The topological polar surface area (TPSA) is 18.8 Å². The Morgan fingerprint density at radius 2 is 1.76 bits per heavy atom. The molecular weight excluding hydrogens is 210 g/mol. The van der Waals surface area contributed by atoms with Crippen molar-refractivity contribution in [1.82, 2.24) is 0 Å². The van der Waals surface area contributed by atoms with Crippen LogP contribution in [-0.4, -0.2) is 13.0 Å². The van der Waals surface area contributed by atoms with Crippen molar-refractivity contribution in [3.05, 3.63) is 47.8 Å². The highest BCUT2D eigenvalue weighted by Gasteiger charge is 2.34. The Hall–Kier alpha value is -2.03. The molecule has 0 aliphatic carbocycles. The van der Waals surface area contributed by atoms with Crippen molar-refractivity contribution >= 4 is 17.3 Å². The minimum absolute atomic E-state index is 0.944. The van der Waals surface area contributed by atoms with Gasteiger partial charge in [-0.25, -0.2) is 4.99 Å². The van der Waals surface area contributed by atoms with Crippen LogP contribution in [0.4, 0.5) is 11.4 Å². The maximum Gasteiger partial charge on any atom is 0.215 e. The van der Waals surface area contributed by atoms with E-state index in [1.165, 1.54) is 5.69 Å². The average Bonchev–Trinajstić information content (AvgIpc) is 2.61. The Labute approximate surface area is 101 Å². The number of allylic oxidation sites excluding steroid dienone is 2. The first-order chi connectivity index (χ1) is 8.11. The van der Waals surface area contributed by atoms with Crippen molar-refractivity contribution in [3.63, 3.8) is 0 Å². The number of fused-ring (bicyclic) bond motifs is 3. The number of hydrogen-bond donors (Lipinski definition) is 0. The molecule has 86 valence electrons. The SMILES string of the molecule is C=C1C(C)=C(C)N=C2N(C)c3ccccc3N12. The van der Waals surface area contributed by atoms with E-state index in [2.05, 4.69) is 40.4 Å². The van der Waals surface area contributed by atoms with Crippen LogP contribution in [0.2, 0.25) is 0 Å². The smallest absolute Gasteiger partial charge is 0.215 e. The summed E-state index contributed by atoms with van der Waals surface area (Å²) < 4.78 is 0. The monoisotopic (exact) mass is 225 g/mol. The molecule has 17 heavy (non-hydrogen) atoms. The van der Waals surface area contributed by atoms with Gasteiger partial charge in [0, 0.05) is 18.4 Å². The van der Waals surface area contributed by atoms with Gasteiger partial charge in [-0.1, -0.05) is 18.7 Å². The van der Waals surface area contributed by atoms with Crippen LogP contribution in [0.15, 0.2) is 52.8 Å². The first-order valence-electron chi connectivity index (χ1n) is 5.69. The standard InChI is InChI=1S/C14H15N3/c1-9-10(2)15-14-16(4)12-7-5-6-8-13(12)17(14)11(9)3/h5-8H,3H2,1-2,4H3. The Morgan fingerprint density at radius 3 is 2.47 bits per heavy atom. The normalized spacial score (nSPS) is 18.3. The number of para-hydroxylation sites is 2. The fourth-order valence-electron chi connectivity index (χ4n) is 2.30. The molecule has 3 rings (SSSR count). The summed E-state index contributed by atoms with van der Waals surface area (Å²) in [4.78, 5) is 8.89. The molecule has 0 unspecified atom stereocenters. The molecule has 0 amide bonds. The van der Waals surface area contributed by atoms with E-state index in [0.29, 0.717) is 0 Å². The summed E-state index contributed by atoms with van der Waals surface area (Å²) in [7, 11) is 2.04. The second-order valence-corrected chi connectivity index (χ2v) is 4.45. The summed E-state index contributed by atoms with van der Waals surface area (Å²) in [5.41, 5.74) is 5.55. The van der Waals surface area contributed by atoms with E-state index in [4.69, 9.17) is 0 Å². The number of hydrogen-bond acceptors (Lipinski definition) is 3. The largest absolute Gasteiger partial charge is 0.313 e. The van der Waals surface area contributed by atoms with E-state index >= 15 is 0 Å². The van der Waals surface area contributed by atoms with Crippen LogP contribution in [0, 0.1) is 0 Å². The first kappa shape index (κ1) is 10.1. The third-order valence-electron chi connectivity index (χ3n) is 3.50. The summed E-state index contributed by atoms with van der Waals surface area (Å²) in [5, 5.41) is 0. The van der Waals surface area contributed by atoms with Crippen molar-refractivity contribution in [3.8, 4) is 0 Å². The summed E-state index contributed by atoms with van der Waals surface area (Å²) in [5.74, 6) is 0.944. The van der Waals surface area contributed by atoms with Crippen LogP contribution in [0.25, 0.3) is 0 Å². The van der Waals surface area contributed by atoms with Crippen LogP contribution < -0.4 is 9.80 Å². The molecule has 1 aromatic rings. The molecule has 0 N–H and O–H groups in total. The quantitative estimate of drug-likeness (QED) is 0.675. The molecule has 2 heterocycles. The predicted molar refractivity (Wildman–Crippen MR) is 72.3 cm³/mol. The van der Waals surface area contributed by atoms with Crippen molar-refractivity contribution < 1.29 is 0 Å². The lowest BCUT2D eigenvalue weighted by molar-refractivity contribution is 1.07. The third-order valence-corrected chi connectivity index (χ3v) is 3.50. The van der Waals surface area contributed by atoms with Crippen LogP contribution in [0.3, 0.4) is 0 Å². The Kier molecular flexibility index (Phi) is 1.93. The highest BCUT2D eigenvalue weighted by atomic mass is 15.4. The number of benzene rings is 1. The minimum atomic E-state index is 0.944. The van der Waals surface area contributed by atoms with Crippen LogP contribution in [-0.2, 0) is 0 Å². The second kappa shape index (κ2) is 3.23. The molecule has 0 fully saturated rings. The zero-order valence-electron chi connectivity index (χ0n) is 10.4. The third kappa shape index (κ3) is 1.19. The number of anilines is 2. The fraction of sp³-hybridized carbons (Fsp3) is 0.214. The predicted octanol–water partition coefficient (Wildman–Crippen LogP) is 3.12. The number of nitrogens with zero attached hydrogens (tertiary/aromatic N) is 3. The van der Waals surface area contributed by atoms with Gasteiger partial charge in [-0.3, -0.25) is 4.90 Å². The molecule has 0 saturated carbocycles. The van der Waals surface area contributed by atoms with Gasteiger partial charge in [0.05, 0.1) is 11.4 Å². The molecule has 1 aromatic carbocycles. The van der Waals surface area contributed by atoms with Crippen molar-refractivity contribution in [2.24, 2.45) is 4.99 Å². The first-order valence-corrected chi connectivity index (χ1v) is 5.69. The van der Waals surface area contributed by atoms with Gasteiger partial charge in [-0.2, -0.15) is 0 Å². The maximum absolute atomic E-state index is 4.66. The average molecular weight is 225 g/mol. The van der Waals surface area contributed by atoms with E-state index in [0.717, 1.165) is 28.6 Å². The van der Waals surface area contributed by atoms with E-state index in [1.54, 1.807) is 0 Å².